The summed E-state index contributed by atoms with van der Waals surface area (Å²) < 4.78 is 19.8. The fraction of sp³-hybridized carbons (Fsp3) is 0.600. The average molecular weight is 343 g/mol. The van der Waals surface area contributed by atoms with Crippen molar-refractivity contribution in [3.05, 3.63) is 34.1 Å². The van der Waals surface area contributed by atoms with Gasteiger partial charge in [0.1, 0.15) is 5.82 Å². The Morgan fingerprint density at radius 2 is 2.35 bits per heavy atom. The number of halogens is 2. The van der Waals surface area contributed by atoms with Crippen LogP contribution < -0.4 is 5.32 Å². The minimum absolute atomic E-state index is 0.210. The quantitative estimate of drug-likeness (QED) is 0.909. The van der Waals surface area contributed by atoms with E-state index in [2.05, 4.69) is 26.1 Å². The van der Waals surface area contributed by atoms with Gasteiger partial charge in [-0.3, -0.25) is 4.90 Å². The molecular weight excluding hydrogens is 323 g/mol. The Hall–Kier alpha value is -0.490. The molecule has 0 aromatic heterocycles. The van der Waals surface area contributed by atoms with Crippen LogP contribution in [-0.2, 0) is 11.3 Å². The third kappa shape index (κ3) is 3.22. The maximum absolute atomic E-state index is 13.4. The maximum Gasteiger partial charge on any atom is 0.137 e. The molecule has 2 atom stereocenters. The predicted octanol–water partition coefficient (Wildman–Crippen LogP) is 2.54. The van der Waals surface area contributed by atoms with Gasteiger partial charge in [-0.25, -0.2) is 4.39 Å². The molecule has 2 fully saturated rings. The van der Waals surface area contributed by atoms with Crippen LogP contribution in [-0.4, -0.2) is 43.3 Å². The average Bonchev–Trinajstić information content (AvgIpc) is 2.91. The van der Waals surface area contributed by atoms with Gasteiger partial charge in [-0.1, -0.05) is 12.1 Å². The van der Waals surface area contributed by atoms with Crippen LogP contribution in [0.2, 0.25) is 0 Å². The van der Waals surface area contributed by atoms with Crippen LogP contribution >= 0.6 is 15.9 Å². The summed E-state index contributed by atoms with van der Waals surface area (Å²) >= 11 is 3.29. The Balaban J connectivity index is 1.47. The van der Waals surface area contributed by atoms with Crippen LogP contribution in [0, 0.1) is 5.82 Å². The normalized spacial score (nSPS) is 26.7. The number of benzene rings is 1. The fourth-order valence-corrected chi connectivity index (χ4v) is 3.47. The zero-order valence-electron chi connectivity index (χ0n) is 11.4. The molecule has 2 saturated heterocycles. The van der Waals surface area contributed by atoms with Crippen molar-refractivity contribution in [3.8, 4) is 0 Å². The Kier molecular flexibility index (Phi) is 4.71. The highest BCUT2D eigenvalue weighted by Gasteiger charge is 2.31. The molecule has 2 heterocycles. The molecule has 0 saturated carbocycles. The number of fused-ring (bicyclic) bond motifs is 1. The number of nitrogens with zero attached hydrogens (tertiary/aromatic N) is 1. The van der Waals surface area contributed by atoms with E-state index in [0.29, 0.717) is 17.1 Å². The Morgan fingerprint density at radius 3 is 3.25 bits per heavy atom. The first kappa shape index (κ1) is 14.4. The smallest absolute Gasteiger partial charge is 0.137 e. The molecule has 0 spiro atoms. The molecule has 1 N–H and O–H groups in total. The highest BCUT2D eigenvalue weighted by Crippen LogP contribution is 2.23. The number of nitrogens with one attached hydrogen (secondary N) is 1. The van der Waals surface area contributed by atoms with E-state index in [1.807, 2.05) is 6.07 Å². The van der Waals surface area contributed by atoms with Crippen LogP contribution in [0.25, 0.3) is 0 Å². The minimum Gasteiger partial charge on any atom is -0.374 e. The molecule has 0 aliphatic carbocycles. The van der Waals surface area contributed by atoms with Gasteiger partial charge in [-0.15, -0.1) is 0 Å². The van der Waals surface area contributed by atoms with E-state index < -0.39 is 0 Å². The lowest BCUT2D eigenvalue weighted by Gasteiger charge is -2.35. The van der Waals surface area contributed by atoms with E-state index in [4.69, 9.17) is 4.74 Å². The summed E-state index contributed by atoms with van der Waals surface area (Å²) in [5.74, 6) is -0.210. The summed E-state index contributed by atoms with van der Waals surface area (Å²) in [6.45, 7) is 4.55. The van der Waals surface area contributed by atoms with Gasteiger partial charge in [-0.05, 0) is 46.9 Å². The van der Waals surface area contributed by atoms with Crippen molar-refractivity contribution < 1.29 is 9.13 Å². The molecule has 1 aromatic carbocycles. The summed E-state index contributed by atoms with van der Waals surface area (Å²) in [4.78, 5) is 2.54. The molecule has 0 amide bonds. The van der Waals surface area contributed by atoms with E-state index in [9.17, 15) is 4.39 Å². The second-order valence-corrected chi connectivity index (χ2v) is 6.38. The van der Waals surface area contributed by atoms with Crippen molar-refractivity contribution in [2.24, 2.45) is 0 Å². The molecular formula is C15H20BrFN2O. The van der Waals surface area contributed by atoms with Crippen molar-refractivity contribution in [3.63, 3.8) is 0 Å². The first-order chi connectivity index (χ1) is 9.74. The number of hydrogen-bond acceptors (Lipinski definition) is 3. The highest BCUT2D eigenvalue weighted by molar-refractivity contribution is 9.10. The van der Waals surface area contributed by atoms with E-state index in [1.54, 1.807) is 6.07 Å². The van der Waals surface area contributed by atoms with Crippen molar-refractivity contribution in [1.29, 1.82) is 0 Å². The number of hydrogen-bond donors (Lipinski definition) is 1. The van der Waals surface area contributed by atoms with Crippen molar-refractivity contribution in [1.82, 2.24) is 10.2 Å². The summed E-state index contributed by atoms with van der Waals surface area (Å²) in [6, 6.07) is 5.77. The van der Waals surface area contributed by atoms with Crippen molar-refractivity contribution >= 4 is 15.9 Å². The lowest BCUT2D eigenvalue weighted by atomic mass is 10.2. The first-order valence-corrected chi connectivity index (χ1v) is 8.02. The molecule has 2 aliphatic rings. The summed E-state index contributed by atoms with van der Waals surface area (Å²) in [5.41, 5.74) is 0.944. The standard InChI is InChI=1S/C15H20BrFN2O/c16-15-11(3-1-5-14(15)17)7-18-8-13-9-19-6-2-4-12(19)10-20-13/h1,3,5,12-13,18H,2,4,6-10H2. The zero-order valence-corrected chi connectivity index (χ0v) is 13.0. The van der Waals surface area contributed by atoms with Gasteiger partial charge in [0.15, 0.2) is 0 Å². The molecule has 2 aliphatic heterocycles. The molecule has 2 unspecified atom stereocenters. The zero-order chi connectivity index (χ0) is 13.9. The molecule has 20 heavy (non-hydrogen) atoms. The number of morpholine rings is 1. The summed E-state index contributed by atoms with van der Waals surface area (Å²) in [5, 5.41) is 3.37. The molecule has 110 valence electrons. The number of rotatable bonds is 4. The molecule has 0 radical (unpaired) electrons. The van der Waals surface area contributed by atoms with Crippen LogP contribution in [0.15, 0.2) is 22.7 Å². The molecule has 3 rings (SSSR count). The minimum atomic E-state index is -0.210. The monoisotopic (exact) mass is 342 g/mol. The maximum atomic E-state index is 13.4. The van der Waals surface area contributed by atoms with Crippen molar-refractivity contribution in [2.45, 2.75) is 31.5 Å². The lowest BCUT2D eigenvalue weighted by Crippen LogP contribution is -2.49. The van der Waals surface area contributed by atoms with Crippen LogP contribution in [0.3, 0.4) is 0 Å². The molecule has 0 bridgehead atoms. The van der Waals surface area contributed by atoms with E-state index >= 15 is 0 Å². The SMILES string of the molecule is Fc1cccc(CNCC2CN3CCCC3CO2)c1Br. The van der Waals surface area contributed by atoms with E-state index in [-0.39, 0.29) is 11.9 Å². The third-order valence-corrected chi connectivity index (χ3v) is 5.07. The third-order valence-electron chi connectivity index (χ3n) is 4.18. The highest BCUT2D eigenvalue weighted by atomic mass is 79.9. The molecule has 3 nitrogen and oxygen atoms in total. The van der Waals surface area contributed by atoms with Gasteiger partial charge < -0.3 is 10.1 Å². The van der Waals surface area contributed by atoms with Crippen LogP contribution in [0.4, 0.5) is 4.39 Å². The van der Waals surface area contributed by atoms with Gasteiger partial charge >= 0.3 is 0 Å². The van der Waals surface area contributed by atoms with Gasteiger partial charge in [0.2, 0.25) is 0 Å². The predicted molar refractivity (Wildman–Crippen MR) is 80.1 cm³/mol. The van der Waals surface area contributed by atoms with Crippen molar-refractivity contribution in [2.75, 3.05) is 26.2 Å². The number of ether oxygens (including phenoxy) is 1. The van der Waals surface area contributed by atoms with Gasteiger partial charge in [0.25, 0.3) is 0 Å². The Bertz CT molecular complexity index is 471. The van der Waals surface area contributed by atoms with E-state index in [1.165, 1.54) is 25.5 Å². The topological polar surface area (TPSA) is 24.5 Å². The lowest BCUT2D eigenvalue weighted by molar-refractivity contribution is -0.0470. The summed E-state index contributed by atoms with van der Waals surface area (Å²) in [7, 11) is 0. The molecule has 5 heteroatoms. The second kappa shape index (κ2) is 6.52. The van der Waals surface area contributed by atoms with Gasteiger partial charge in [0, 0.05) is 25.7 Å². The largest absolute Gasteiger partial charge is 0.374 e. The van der Waals surface area contributed by atoms with Crippen LogP contribution in [0.5, 0.6) is 0 Å². The van der Waals surface area contributed by atoms with Gasteiger partial charge in [-0.2, -0.15) is 0 Å². The van der Waals surface area contributed by atoms with Crippen LogP contribution in [0.1, 0.15) is 18.4 Å². The molecule has 1 aromatic rings. The van der Waals surface area contributed by atoms with E-state index in [0.717, 1.165) is 25.3 Å². The second-order valence-electron chi connectivity index (χ2n) is 5.59. The Labute approximate surface area is 127 Å². The Morgan fingerprint density at radius 1 is 1.45 bits per heavy atom. The summed E-state index contributed by atoms with van der Waals surface area (Å²) in [6.07, 6.45) is 2.82. The van der Waals surface area contributed by atoms with Gasteiger partial charge in [0.05, 0.1) is 17.2 Å². The first-order valence-electron chi connectivity index (χ1n) is 7.23. The fourth-order valence-electron chi connectivity index (χ4n) is 3.06.